The van der Waals surface area contributed by atoms with E-state index in [2.05, 4.69) is 10.5 Å². The molecule has 3 rings (SSSR count). The van der Waals surface area contributed by atoms with Crippen molar-refractivity contribution < 1.29 is 9.32 Å². The van der Waals surface area contributed by atoms with Crippen molar-refractivity contribution in [2.45, 2.75) is 6.92 Å². The molecule has 1 aromatic heterocycles. The fraction of sp³-hybridized carbons (Fsp3) is 0.0588. The van der Waals surface area contributed by atoms with Crippen LogP contribution < -0.4 is 5.32 Å². The fourth-order valence-electron chi connectivity index (χ4n) is 2.15. The molecule has 0 aliphatic rings. The van der Waals surface area contributed by atoms with E-state index in [4.69, 9.17) is 4.52 Å². The molecule has 0 saturated heterocycles. The smallest absolute Gasteiger partial charge is 0.261 e. The number of carbonyl (C=O) groups is 1. The molecule has 0 saturated carbocycles. The summed E-state index contributed by atoms with van der Waals surface area (Å²) in [6, 6.07) is 18.8. The maximum absolute atomic E-state index is 12.5. The van der Waals surface area contributed by atoms with Gasteiger partial charge in [-0.1, -0.05) is 53.7 Å². The predicted octanol–water partition coefficient (Wildman–Crippen LogP) is 3.90. The van der Waals surface area contributed by atoms with E-state index in [1.807, 2.05) is 60.7 Å². The molecule has 3 aromatic rings. The van der Waals surface area contributed by atoms with Crippen molar-refractivity contribution in [1.29, 1.82) is 0 Å². The first kappa shape index (κ1) is 13.1. The van der Waals surface area contributed by atoms with Crippen LogP contribution >= 0.6 is 0 Å². The number of hydrogen-bond acceptors (Lipinski definition) is 3. The van der Waals surface area contributed by atoms with Gasteiger partial charge >= 0.3 is 0 Å². The largest absolute Gasteiger partial charge is 0.360 e. The van der Waals surface area contributed by atoms with Crippen molar-refractivity contribution in [1.82, 2.24) is 5.16 Å². The molecule has 0 radical (unpaired) electrons. The van der Waals surface area contributed by atoms with Crippen LogP contribution in [0.25, 0.3) is 11.3 Å². The van der Waals surface area contributed by atoms with Gasteiger partial charge in [-0.2, -0.15) is 0 Å². The minimum Gasteiger partial charge on any atom is -0.360 e. The number of amides is 1. The Balaban J connectivity index is 1.95. The van der Waals surface area contributed by atoms with Crippen molar-refractivity contribution in [2.75, 3.05) is 5.32 Å². The summed E-state index contributed by atoms with van der Waals surface area (Å²) in [6.07, 6.45) is 0. The average molecular weight is 278 g/mol. The Kier molecular flexibility index (Phi) is 3.51. The number of hydrogen-bond donors (Lipinski definition) is 1. The lowest BCUT2D eigenvalue weighted by Crippen LogP contribution is -2.13. The van der Waals surface area contributed by atoms with E-state index >= 15 is 0 Å². The second kappa shape index (κ2) is 5.63. The number of nitrogens with one attached hydrogen (secondary N) is 1. The minimum atomic E-state index is -0.223. The quantitative estimate of drug-likeness (QED) is 0.790. The monoisotopic (exact) mass is 278 g/mol. The van der Waals surface area contributed by atoms with E-state index in [9.17, 15) is 4.79 Å². The molecule has 0 aliphatic carbocycles. The lowest BCUT2D eigenvalue weighted by Gasteiger charge is -2.05. The van der Waals surface area contributed by atoms with Crippen LogP contribution in [0.5, 0.6) is 0 Å². The fourth-order valence-corrected chi connectivity index (χ4v) is 2.15. The molecule has 0 fully saturated rings. The lowest BCUT2D eigenvalue weighted by molar-refractivity contribution is 0.102. The van der Waals surface area contributed by atoms with Gasteiger partial charge in [0.25, 0.3) is 5.91 Å². The number of aromatic nitrogens is 1. The zero-order valence-corrected chi connectivity index (χ0v) is 11.5. The van der Waals surface area contributed by atoms with Crippen LogP contribution in [-0.4, -0.2) is 11.1 Å². The van der Waals surface area contributed by atoms with Crippen molar-refractivity contribution in [3.8, 4) is 11.3 Å². The predicted molar refractivity (Wildman–Crippen MR) is 81.1 cm³/mol. The van der Waals surface area contributed by atoms with Crippen LogP contribution in [0.3, 0.4) is 0 Å². The van der Waals surface area contributed by atoms with E-state index in [-0.39, 0.29) is 5.91 Å². The number of carbonyl (C=O) groups excluding carboxylic acids is 1. The topological polar surface area (TPSA) is 55.1 Å². The Hall–Kier alpha value is -2.88. The first-order valence-corrected chi connectivity index (χ1v) is 6.64. The highest BCUT2D eigenvalue weighted by molar-refractivity contribution is 6.08. The summed E-state index contributed by atoms with van der Waals surface area (Å²) in [5, 5.41) is 6.87. The first-order chi connectivity index (χ1) is 10.3. The van der Waals surface area contributed by atoms with Crippen LogP contribution in [0.1, 0.15) is 16.1 Å². The summed E-state index contributed by atoms with van der Waals surface area (Å²) in [6.45, 7) is 1.74. The molecule has 0 bridgehead atoms. The second-order valence-corrected chi connectivity index (χ2v) is 4.65. The van der Waals surface area contributed by atoms with Crippen LogP contribution in [-0.2, 0) is 0 Å². The second-order valence-electron chi connectivity index (χ2n) is 4.65. The molecule has 0 unspecified atom stereocenters. The van der Waals surface area contributed by atoms with Gasteiger partial charge < -0.3 is 9.84 Å². The van der Waals surface area contributed by atoms with E-state index in [0.717, 1.165) is 11.3 Å². The number of benzene rings is 2. The molecule has 0 spiro atoms. The molecule has 1 N–H and O–H groups in total. The molecule has 1 heterocycles. The van der Waals surface area contributed by atoms with E-state index in [0.29, 0.717) is 17.0 Å². The van der Waals surface area contributed by atoms with Crippen molar-refractivity contribution in [3.63, 3.8) is 0 Å². The van der Waals surface area contributed by atoms with Gasteiger partial charge in [-0.25, -0.2) is 0 Å². The third-order valence-electron chi connectivity index (χ3n) is 3.17. The summed E-state index contributed by atoms with van der Waals surface area (Å²) in [4.78, 5) is 12.5. The first-order valence-electron chi connectivity index (χ1n) is 6.64. The highest BCUT2D eigenvalue weighted by Gasteiger charge is 2.21. The number of para-hydroxylation sites is 1. The Morgan fingerprint density at radius 1 is 1.00 bits per heavy atom. The maximum atomic E-state index is 12.5. The van der Waals surface area contributed by atoms with Crippen molar-refractivity contribution >= 4 is 11.6 Å². The van der Waals surface area contributed by atoms with Gasteiger partial charge in [-0.15, -0.1) is 0 Å². The molecule has 0 atom stereocenters. The molecular weight excluding hydrogens is 264 g/mol. The van der Waals surface area contributed by atoms with Gasteiger partial charge in [0.1, 0.15) is 17.0 Å². The third kappa shape index (κ3) is 2.69. The highest BCUT2D eigenvalue weighted by Crippen LogP contribution is 2.25. The summed E-state index contributed by atoms with van der Waals surface area (Å²) in [5.74, 6) is 0.279. The van der Waals surface area contributed by atoms with Gasteiger partial charge in [0.2, 0.25) is 0 Å². The minimum absolute atomic E-state index is 0.223. The van der Waals surface area contributed by atoms with Gasteiger partial charge in [0.15, 0.2) is 0 Å². The number of rotatable bonds is 3. The Labute approximate surface area is 122 Å². The molecule has 4 nitrogen and oxygen atoms in total. The summed E-state index contributed by atoms with van der Waals surface area (Å²) in [5.41, 5.74) is 2.61. The standard InChI is InChI=1S/C17H14N2O2/c1-12-15(17(20)18-14-10-6-3-7-11-14)16(19-21-12)13-8-4-2-5-9-13/h2-11H,1H3,(H,18,20). The third-order valence-corrected chi connectivity index (χ3v) is 3.17. The SMILES string of the molecule is Cc1onc(-c2ccccc2)c1C(=O)Nc1ccccc1. The molecule has 2 aromatic carbocycles. The normalized spacial score (nSPS) is 10.3. The lowest BCUT2D eigenvalue weighted by atomic mass is 10.1. The highest BCUT2D eigenvalue weighted by atomic mass is 16.5. The number of anilines is 1. The Morgan fingerprint density at radius 2 is 1.62 bits per heavy atom. The summed E-state index contributed by atoms with van der Waals surface area (Å²) < 4.78 is 5.20. The zero-order chi connectivity index (χ0) is 14.7. The summed E-state index contributed by atoms with van der Waals surface area (Å²) >= 11 is 0. The Morgan fingerprint density at radius 3 is 2.29 bits per heavy atom. The van der Waals surface area contributed by atoms with Crippen LogP contribution in [0, 0.1) is 6.92 Å². The van der Waals surface area contributed by atoms with Gasteiger partial charge in [0.05, 0.1) is 0 Å². The summed E-state index contributed by atoms with van der Waals surface area (Å²) in [7, 11) is 0. The van der Waals surface area contributed by atoms with Crippen LogP contribution in [0.4, 0.5) is 5.69 Å². The van der Waals surface area contributed by atoms with E-state index < -0.39 is 0 Å². The maximum Gasteiger partial charge on any atom is 0.261 e. The number of aryl methyl sites for hydroxylation is 1. The van der Waals surface area contributed by atoms with E-state index in [1.165, 1.54) is 0 Å². The van der Waals surface area contributed by atoms with E-state index in [1.54, 1.807) is 6.92 Å². The number of nitrogens with zero attached hydrogens (tertiary/aromatic N) is 1. The molecular formula is C17H14N2O2. The Bertz CT molecular complexity index is 749. The molecule has 4 heteroatoms. The molecule has 104 valence electrons. The van der Waals surface area contributed by atoms with Gasteiger partial charge in [-0.3, -0.25) is 4.79 Å². The van der Waals surface area contributed by atoms with Gasteiger partial charge in [0, 0.05) is 11.3 Å². The molecule has 21 heavy (non-hydrogen) atoms. The van der Waals surface area contributed by atoms with Crippen molar-refractivity contribution in [2.24, 2.45) is 0 Å². The van der Waals surface area contributed by atoms with Crippen LogP contribution in [0.2, 0.25) is 0 Å². The average Bonchev–Trinajstić information content (AvgIpc) is 2.91. The van der Waals surface area contributed by atoms with Gasteiger partial charge in [-0.05, 0) is 19.1 Å². The van der Waals surface area contributed by atoms with Crippen LogP contribution in [0.15, 0.2) is 65.2 Å². The molecule has 0 aliphatic heterocycles. The zero-order valence-electron chi connectivity index (χ0n) is 11.5. The van der Waals surface area contributed by atoms with Crippen molar-refractivity contribution in [3.05, 3.63) is 72.0 Å². The molecule has 1 amide bonds.